The Morgan fingerprint density at radius 1 is 1.25 bits per heavy atom. The quantitative estimate of drug-likeness (QED) is 0.677. The van der Waals surface area contributed by atoms with E-state index in [1.165, 1.54) is 18.5 Å². The first-order valence-corrected chi connectivity index (χ1v) is 6.45. The summed E-state index contributed by atoms with van der Waals surface area (Å²) in [5.41, 5.74) is 1.79. The van der Waals surface area contributed by atoms with E-state index in [0.717, 1.165) is 6.54 Å². The van der Waals surface area contributed by atoms with Gasteiger partial charge in [-0.05, 0) is 5.41 Å². The molecule has 0 fully saturated rings. The van der Waals surface area contributed by atoms with Crippen LogP contribution in [0.1, 0.15) is 59.1 Å². The highest BCUT2D eigenvalue weighted by atomic mass is 15.0. The van der Waals surface area contributed by atoms with Gasteiger partial charge in [0.25, 0.3) is 0 Å². The van der Waals surface area contributed by atoms with Gasteiger partial charge in [0.05, 0.1) is 0 Å². The first-order chi connectivity index (χ1) is 7.46. The van der Waals surface area contributed by atoms with Crippen molar-refractivity contribution in [2.24, 2.45) is 5.41 Å². The van der Waals surface area contributed by atoms with Crippen LogP contribution < -0.4 is 4.57 Å². The summed E-state index contributed by atoms with van der Waals surface area (Å²) in [5, 5.41) is 0. The fourth-order valence-electron chi connectivity index (χ4n) is 1.86. The van der Waals surface area contributed by atoms with E-state index < -0.39 is 0 Å². The lowest BCUT2D eigenvalue weighted by atomic mass is 9.79. The topological polar surface area (TPSA) is 3.88 Å². The van der Waals surface area contributed by atoms with Crippen LogP contribution in [0.15, 0.2) is 24.4 Å². The highest BCUT2D eigenvalue weighted by molar-refractivity contribution is 5.05. The molecule has 0 spiro atoms. The Morgan fingerprint density at radius 3 is 2.50 bits per heavy atom. The van der Waals surface area contributed by atoms with Crippen molar-refractivity contribution in [2.75, 3.05) is 0 Å². The van der Waals surface area contributed by atoms with E-state index in [0.29, 0.717) is 11.3 Å². The third-order valence-electron chi connectivity index (χ3n) is 3.47. The fraction of sp³-hybridized carbons (Fsp3) is 0.667. The minimum absolute atomic E-state index is 0.329. The molecule has 1 rings (SSSR count). The van der Waals surface area contributed by atoms with Gasteiger partial charge in [-0.15, -0.1) is 0 Å². The van der Waals surface area contributed by atoms with Gasteiger partial charge in [-0.2, -0.15) is 0 Å². The van der Waals surface area contributed by atoms with E-state index in [9.17, 15) is 0 Å². The molecule has 0 aromatic carbocycles. The molecule has 90 valence electrons. The maximum atomic E-state index is 2.42. The van der Waals surface area contributed by atoms with Crippen LogP contribution in [0.5, 0.6) is 0 Å². The maximum absolute atomic E-state index is 2.42. The lowest BCUT2D eigenvalue weighted by Crippen LogP contribution is -2.40. The Balaban J connectivity index is 2.94. The van der Waals surface area contributed by atoms with E-state index >= 15 is 0 Å². The average molecular weight is 220 g/mol. The van der Waals surface area contributed by atoms with Crippen LogP contribution >= 0.6 is 0 Å². The van der Waals surface area contributed by atoms with Gasteiger partial charge in [0.15, 0.2) is 11.9 Å². The summed E-state index contributed by atoms with van der Waals surface area (Å²) in [7, 11) is 0. The Morgan fingerprint density at radius 2 is 1.94 bits per heavy atom. The van der Waals surface area contributed by atoms with Gasteiger partial charge in [-0.3, -0.25) is 0 Å². The second kappa shape index (κ2) is 5.47. The molecule has 16 heavy (non-hydrogen) atoms. The Labute approximate surface area is 101 Å². The molecule has 1 aromatic heterocycles. The number of pyridine rings is 1. The fourth-order valence-corrected chi connectivity index (χ4v) is 1.86. The predicted molar refractivity (Wildman–Crippen MR) is 69.4 cm³/mol. The third kappa shape index (κ3) is 3.33. The molecule has 0 N–H and O–H groups in total. The van der Waals surface area contributed by atoms with E-state index in [1.807, 2.05) is 0 Å². The summed E-state index contributed by atoms with van der Waals surface area (Å²) in [4.78, 5) is 0. The summed E-state index contributed by atoms with van der Waals surface area (Å²) in [6, 6.07) is 6.56. The van der Waals surface area contributed by atoms with Gasteiger partial charge >= 0.3 is 0 Å². The first kappa shape index (κ1) is 13.2. The molecular formula is C15H26N+. The minimum Gasteiger partial charge on any atom is -0.202 e. The molecule has 1 nitrogen and oxygen atoms in total. The zero-order valence-corrected chi connectivity index (χ0v) is 11.5. The molecule has 1 unspecified atom stereocenters. The number of nitrogens with zero attached hydrogens (tertiary/aromatic N) is 1. The average Bonchev–Trinajstić information content (AvgIpc) is 2.24. The van der Waals surface area contributed by atoms with Gasteiger partial charge in [0, 0.05) is 24.5 Å². The summed E-state index contributed by atoms with van der Waals surface area (Å²) >= 11 is 0. The molecule has 1 heterocycles. The van der Waals surface area contributed by atoms with Crippen molar-refractivity contribution in [1.29, 1.82) is 0 Å². The van der Waals surface area contributed by atoms with Crippen molar-refractivity contribution >= 4 is 0 Å². The number of aryl methyl sites for hydroxylation is 1. The van der Waals surface area contributed by atoms with Crippen LogP contribution in [-0.4, -0.2) is 0 Å². The molecule has 0 amide bonds. The number of unbranched alkanes of at least 4 members (excludes halogenated alkanes) is 1. The van der Waals surface area contributed by atoms with Crippen LogP contribution in [0, 0.1) is 5.41 Å². The standard InChI is InChI=1S/C15H26N/c1-6-7-11-16-12-9-8-10-14(16)13(2)15(3,4)5/h8-10,12-13H,6-7,11H2,1-5H3/q+1. The summed E-state index contributed by atoms with van der Waals surface area (Å²) in [5.74, 6) is 0.588. The van der Waals surface area contributed by atoms with Crippen LogP contribution in [0.25, 0.3) is 0 Å². The van der Waals surface area contributed by atoms with Gasteiger partial charge in [-0.25, -0.2) is 4.57 Å². The smallest absolute Gasteiger partial charge is 0.184 e. The van der Waals surface area contributed by atoms with E-state index in [2.05, 4.69) is 63.6 Å². The monoisotopic (exact) mass is 220 g/mol. The summed E-state index contributed by atoms with van der Waals surface area (Å²) < 4.78 is 2.42. The highest BCUT2D eigenvalue weighted by Gasteiger charge is 2.28. The number of aromatic nitrogens is 1. The molecule has 0 aliphatic heterocycles. The van der Waals surface area contributed by atoms with E-state index in [4.69, 9.17) is 0 Å². The van der Waals surface area contributed by atoms with Crippen molar-refractivity contribution in [1.82, 2.24) is 0 Å². The second-order valence-electron chi connectivity index (χ2n) is 5.76. The predicted octanol–water partition coefficient (Wildman–Crippen LogP) is 3.92. The van der Waals surface area contributed by atoms with Gasteiger partial charge in [0.2, 0.25) is 0 Å². The SMILES string of the molecule is CCCC[n+]1ccccc1C(C)C(C)(C)C. The van der Waals surface area contributed by atoms with Crippen LogP contribution in [0.2, 0.25) is 0 Å². The number of hydrogen-bond donors (Lipinski definition) is 0. The lowest BCUT2D eigenvalue weighted by molar-refractivity contribution is -0.706. The molecule has 0 bridgehead atoms. The van der Waals surface area contributed by atoms with Gasteiger partial charge < -0.3 is 0 Å². The summed E-state index contributed by atoms with van der Waals surface area (Å²) in [6.45, 7) is 12.7. The van der Waals surface area contributed by atoms with Crippen molar-refractivity contribution in [2.45, 2.75) is 59.9 Å². The van der Waals surface area contributed by atoms with Crippen molar-refractivity contribution in [3.63, 3.8) is 0 Å². The van der Waals surface area contributed by atoms with E-state index in [-0.39, 0.29) is 0 Å². The molecule has 0 saturated heterocycles. The Bertz CT molecular complexity index is 322. The highest BCUT2D eigenvalue weighted by Crippen LogP contribution is 2.32. The van der Waals surface area contributed by atoms with Crippen molar-refractivity contribution in [3.8, 4) is 0 Å². The second-order valence-corrected chi connectivity index (χ2v) is 5.76. The van der Waals surface area contributed by atoms with Gasteiger partial charge in [0.1, 0.15) is 6.54 Å². The molecule has 0 aliphatic rings. The molecule has 0 radical (unpaired) electrons. The molecule has 1 heteroatoms. The molecule has 0 aliphatic carbocycles. The van der Waals surface area contributed by atoms with Crippen molar-refractivity contribution < 1.29 is 4.57 Å². The van der Waals surface area contributed by atoms with Crippen LogP contribution in [0.3, 0.4) is 0 Å². The van der Waals surface area contributed by atoms with Crippen LogP contribution in [0.4, 0.5) is 0 Å². The minimum atomic E-state index is 0.329. The normalized spacial score (nSPS) is 13.8. The number of hydrogen-bond acceptors (Lipinski definition) is 0. The Kier molecular flexibility index (Phi) is 4.52. The third-order valence-corrected chi connectivity index (χ3v) is 3.47. The van der Waals surface area contributed by atoms with Crippen LogP contribution in [-0.2, 0) is 6.54 Å². The largest absolute Gasteiger partial charge is 0.202 e. The maximum Gasteiger partial charge on any atom is 0.184 e. The first-order valence-electron chi connectivity index (χ1n) is 6.45. The van der Waals surface area contributed by atoms with E-state index in [1.54, 1.807) is 0 Å². The zero-order valence-electron chi connectivity index (χ0n) is 11.5. The zero-order chi connectivity index (χ0) is 12.2. The molecule has 1 atom stereocenters. The molecule has 1 aromatic rings. The molecular weight excluding hydrogens is 194 g/mol. The van der Waals surface area contributed by atoms with Crippen molar-refractivity contribution in [3.05, 3.63) is 30.1 Å². The Hall–Kier alpha value is -0.850. The number of rotatable bonds is 4. The van der Waals surface area contributed by atoms with Gasteiger partial charge in [-0.1, -0.05) is 47.1 Å². The molecule has 0 saturated carbocycles. The summed E-state index contributed by atoms with van der Waals surface area (Å²) in [6.07, 6.45) is 4.73. The lowest BCUT2D eigenvalue weighted by Gasteiger charge is -2.25.